The topological polar surface area (TPSA) is 0 Å². The van der Waals surface area contributed by atoms with Gasteiger partial charge in [0.1, 0.15) is 16.1 Å². The molecule has 76 heavy (non-hydrogen) atoms. The lowest BCUT2D eigenvalue weighted by atomic mass is 9.84. The normalized spacial score (nSPS) is 14.0. The van der Waals surface area contributed by atoms with Crippen molar-refractivity contribution < 1.29 is 0 Å². The van der Waals surface area contributed by atoms with Crippen molar-refractivity contribution in [3.05, 3.63) is 243 Å². The highest BCUT2D eigenvalue weighted by atomic mass is 28.3. The Bertz CT molecular complexity index is 4770. The molecular weight excluding hydrogens is 945 g/mol. The third-order valence-corrected chi connectivity index (χ3v) is 25.0. The van der Waals surface area contributed by atoms with Crippen LogP contribution in [0.4, 0.5) is 0 Å². The number of benzene rings is 14. The molecule has 356 valence electrons. The third-order valence-electron chi connectivity index (χ3n) is 18.0. The first-order valence-corrected chi connectivity index (χ1v) is 33.0. The van der Waals surface area contributed by atoms with E-state index < -0.39 is 16.1 Å². The standard InChI is InChI=1S/C74H52Si2/c1-75(2)65-31-17-30-63-73-62-39-37-52(72-60-28-15-11-24-56(60)70(57-25-12-16-29-61(57)72)50-35-33-46-19-6-8-21-48(46)41-50)43-67(62)76(3,4)68(73)44-64(74(63)65)53-38-36-51(42-66(53)75)71-58-26-13-9-22-54(58)69(55-23-10-14-27-59(55)71)49-34-32-45-18-5-7-20-47(45)40-49/h5-44H,1-4H3. The van der Waals surface area contributed by atoms with Crippen molar-refractivity contribution in [2.45, 2.75) is 26.2 Å². The Labute approximate surface area is 445 Å². The van der Waals surface area contributed by atoms with E-state index in [0.717, 1.165) is 0 Å². The Balaban J connectivity index is 0.865. The molecule has 2 aliphatic rings. The van der Waals surface area contributed by atoms with E-state index in [9.17, 15) is 0 Å². The summed E-state index contributed by atoms with van der Waals surface area (Å²) in [5.41, 5.74) is 16.1. The van der Waals surface area contributed by atoms with Crippen molar-refractivity contribution in [1.82, 2.24) is 0 Å². The van der Waals surface area contributed by atoms with E-state index in [0.29, 0.717) is 0 Å². The largest absolute Gasteiger partial charge is 0.113 e. The van der Waals surface area contributed by atoms with Crippen LogP contribution in [0.1, 0.15) is 0 Å². The predicted molar refractivity (Wildman–Crippen MR) is 335 cm³/mol. The van der Waals surface area contributed by atoms with E-state index in [2.05, 4.69) is 269 Å². The molecule has 0 saturated heterocycles. The summed E-state index contributed by atoms with van der Waals surface area (Å²) in [5.74, 6) is 0. The number of rotatable bonds is 4. The second-order valence-electron chi connectivity index (χ2n) is 22.7. The molecule has 0 amide bonds. The molecule has 2 aliphatic heterocycles. The maximum absolute atomic E-state index is 2.67. The van der Waals surface area contributed by atoms with Gasteiger partial charge in [0.2, 0.25) is 0 Å². The van der Waals surface area contributed by atoms with Gasteiger partial charge in [-0.2, -0.15) is 0 Å². The zero-order chi connectivity index (χ0) is 50.6. The first kappa shape index (κ1) is 43.7. The molecule has 0 saturated carbocycles. The van der Waals surface area contributed by atoms with Gasteiger partial charge in [-0.1, -0.05) is 257 Å². The van der Waals surface area contributed by atoms with Crippen LogP contribution in [-0.2, 0) is 0 Å². The molecule has 0 radical (unpaired) electrons. The zero-order valence-electron chi connectivity index (χ0n) is 43.1. The predicted octanol–water partition coefficient (Wildman–Crippen LogP) is 18.0. The van der Waals surface area contributed by atoms with Crippen LogP contribution in [-0.4, -0.2) is 16.1 Å². The van der Waals surface area contributed by atoms with Gasteiger partial charge in [-0.3, -0.25) is 0 Å². The summed E-state index contributed by atoms with van der Waals surface area (Å²) in [7, 11) is -4.50. The van der Waals surface area contributed by atoms with Crippen LogP contribution in [0.25, 0.3) is 142 Å². The van der Waals surface area contributed by atoms with Gasteiger partial charge in [-0.25, -0.2) is 0 Å². The van der Waals surface area contributed by atoms with Crippen molar-refractivity contribution >= 4 is 112 Å². The Morgan fingerprint density at radius 2 is 0.553 bits per heavy atom. The third kappa shape index (κ3) is 6.05. The lowest BCUT2D eigenvalue weighted by Gasteiger charge is -2.35. The molecule has 2 heteroatoms. The summed E-state index contributed by atoms with van der Waals surface area (Å²) in [6.07, 6.45) is 0. The summed E-state index contributed by atoms with van der Waals surface area (Å²) in [6, 6.07) is 92.9. The monoisotopic (exact) mass is 996 g/mol. The number of hydrogen-bond acceptors (Lipinski definition) is 0. The summed E-state index contributed by atoms with van der Waals surface area (Å²) in [6.45, 7) is 10.4. The molecule has 2 heterocycles. The lowest BCUT2D eigenvalue weighted by molar-refractivity contribution is 1.62. The quantitative estimate of drug-likeness (QED) is 0.122. The van der Waals surface area contributed by atoms with E-state index in [4.69, 9.17) is 0 Å². The second-order valence-corrected chi connectivity index (χ2v) is 31.3. The lowest BCUT2D eigenvalue weighted by Crippen LogP contribution is -2.56. The molecule has 14 aromatic rings. The SMILES string of the molecule is C[Si]1(C)c2cc(-c3c4ccccc4c(-c4ccc5ccccc5c4)c4ccccc34)ccc2-c2c1cc1c3c(cccc23)[Si](C)(C)c2cc(-c3c4ccccc4c(-c4ccc5ccccc5c4)c4ccccc34)ccc2-1. The molecule has 0 spiro atoms. The highest BCUT2D eigenvalue weighted by Crippen LogP contribution is 2.49. The van der Waals surface area contributed by atoms with Crippen molar-refractivity contribution in [1.29, 1.82) is 0 Å². The number of hydrogen-bond donors (Lipinski definition) is 0. The summed E-state index contributed by atoms with van der Waals surface area (Å²) < 4.78 is 0. The van der Waals surface area contributed by atoms with Crippen molar-refractivity contribution in [2.24, 2.45) is 0 Å². The van der Waals surface area contributed by atoms with E-state index in [1.54, 1.807) is 10.4 Å². The maximum atomic E-state index is 2.67. The Kier molecular flexibility index (Phi) is 9.16. The zero-order valence-corrected chi connectivity index (χ0v) is 45.1. The summed E-state index contributed by atoms with van der Waals surface area (Å²) >= 11 is 0. The Hall–Kier alpha value is -8.67. The van der Waals surface area contributed by atoms with E-state index in [1.165, 1.54) is 153 Å². The Morgan fingerprint density at radius 3 is 1.00 bits per heavy atom. The molecule has 0 atom stereocenters. The van der Waals surface area contributed by atoms with E-state index in [-0.39, 0.29) is 0 Å². The van der Waals surface area contributed by atoms with Crippen molar-refractivity contribution in [2.75, 3.05) is 0 Å². The summed E-state index contributed by atoms with van der Waals surface area (Å²) in [4.78, 5) is 0. The minimum atomic E-state index is -2.25. The van der Waals surface area contributed by atoms with Crippen molar-refractivity contribution in [3.8, 4) is 66.8 Å². The van der Waals surface area contributed by atoms with Gasteiger partial charge >= 0.3 is 0 Å². The van der Waals surface area contributed by atoms with Gasteiger partial charge in [-0.15, -0.1) is 0 Å². The van der Waals surface area contributed by atoms with Gasteiger partial charge < -0.3 is 0 Å². The van der Waals surface area contributed by atoms with Crippen LogP contribution in [0.5, 0.6) is 0 Å². The molecule has 14 aromatic carbocycles. The second kappa shape index (κ2) is 15.9. The molecule has 0 aliphatic carbocycles. The fraction of sp³-hybridized carbons (Fsp3) is 0.0541. The average molecular weight is 997 g/mol. The van der Waals surface area contributed by atoms with Crippen molar-refractivity contribution in [3.63, 3.8) is 0 Å². The first-order chi connectivity index (χ1) is 37.2. The highest BCUT2D eigenvalue weighted by molar-refractivity contribution is 7.05. The smallest absolute Gasteiger partial charge is 0.0619 e. The van der Waals surface area contributed by atoms with Gasteiger partial charge in [0.25, 0.3) is 0 Å². The van der Waals surface area contributed by atoms with Gasteiger partial charge in [0.15, 0.2) is 0 Å². The van der Waals surface area contributed by atoms with Gasteiger partial charge in [0, 0.05) is 0 Å². The van der Waals surface area contributed by atoms with E-state index in [1.807, 2.05) is 0 Å². The molecule has 0 bridgehead atoms. The van der Waals surface area contributed by atoms with Crippen LogP contribution in [0.15, 0.2) is 243 Å². The molecular formula is C74H52Si2. The first-order valence-electron chi connectivity index (χ1n) is 27.0. The number of fused-ring (bicyclic) bond motifs is 12. The fourth-order valence-corrected chi connectivity index (χ4v) is 20.6. The van der Waals surface area contributed by atoms with Crippen LogP contribution in [0.2, 0.25) is 26.2 Å². The Morgan fingerprint density at radius 1 is 0.211 bits per heavy atom. The van der Waals surface area contributed by atoms with Crippen LogP contribution < -0.4 is 20.7 Å². The molecule has 0 N–H and O–H groups in total. The van der Waals surface area contributed by atoms with Crippen LogP contribution in [0, 0.1) is 0 Å². The molecule has 0 nitrogen and oxygen atoms in total. The molecule has 0 unspecified atom stereocenters. The van der Waals surface area contributed by atoms with E-state index >= 15 is 0 Å². The maximum Gasteiger partial charge on any atom is 0.113 e. The molecule has 0 fully saturated rings. The van der Waals surface area contributed by atoms with Gasteiger partial charge in [0.05, 0.1) is 0 Å². The van der Waals surface area contributed by atoms with Gasteiger partial charge in [-0.05, 0) is 175 Å². The summed E-state index contributed by atoms with van der Waals surface area (Å²) in [5, 5.41) is 24.5. The fourth-order valence-electron chi connectivity index (χ4n) is 14.4. The molecule has 16 rings (SSSR count). The van der Waals surface area contributed by atoms with Crippen LogP contribution >= 0.6 is 0 Å². The van der Waals surface area contributed by atoms with Crippen LogP contribution in [0.3, 0.4) is 0 Å². The average Bonchev–Trinajstić information content (AvgIpc) is 3.93. The minimum absolute atomic E-state index is 1.26. The highest BCUT2D eigenvalue weighted by Gasteiger charge is 2.43. The minimum Gasteiger partial charge on any atom is -0.0619 e. The molecule has 0 aromatic heterocycles.